The van der Waals surface area contributed by atoms with Gasteiger partial charge in [-0.2, -0.15) is 0 Å². The number of alkyl halides is 2. The summed E-state index contributed by atoms with van der Waals surface area (Å²) < 4.78 is 39.6. The smallest absolute Gasteiger partial charge is 0.248 e. The Balaban J connectivity index is 2.07. The molecule has 1 atom stereocenters. The van der Waals surface area contributed by atoms with Crippen LogP contribution in [0.2, 0.25) is 5.02 Å². The Bertz CT molecular complexity index is 601. The average molecular weight is 348 g/mol. The minimum atomic E-state index is -2.75. The van der Waals surface area contributed by atoms with Crippen molar-refractivity contribution in [2.45, 2.75) is 31.4 Å². The van der Waals surface area contributed by atoms with E-state index in [1.165, 1.54) is 23.1 Å². The predicted molar refractivity (Wildman–Crippen MR) is 80.7 cm³/mol. The summed E-state index contributed by atoms with van der Waals surface area (Å²) in [4.78, 5) is 13.1. The normalized spacial score (nSPS) is 18.1. The van der Waals surface area contributed by atoms with Crippen LogP contribution in [-0.4, -0.2) is 34.5 Å². The van der Waals surface area contributed by atoms with Gasteiger partial charge in [0.05, 0.1) is 6.10 Å². The van der Waals surface area contributed by atoms with Crippen LogP contribution in [0, 0.1) is 11.7 Å². The number of nitrogens with zero attached hydrogens (tertiary/aromatic N) is 1. The van der Waals surface area contributed by atoms with Gasteiger partial charge in [-0.1, -0.05) is 18.2 Å². The Hall–Kier alpha value is -1.53. The Kier molecular flexibility index (Phi) is 5.37. The number of hydrogen-bond donors (Lipinski definition) is 1. The average Bonchev–Trinajstić information content (AvgIpc) is 2.46. The lowest BCUT2D eigenvalue weighted by atomic mass is 9.77. The van der Waals surface area contributed by atoms with Crippen LogP contribution in [-0.2, 0) is 11.3 Å². The maximum atomic E-state index is 13.8. The fraction of sp³-hybridized carbons (Fsp3) is 0.438. The first-order chi connectivity index (χ1) is 10.7. The topological polar surface area (TPSA) is 40.5 Å². The molecule has 1 aromatic carbocycles. The van der Waals surface area contributed by atoms with E-state index in [0.717, 1.165) is 6.08 Å². The van der Waals surface area contributed by atoms with Crippen LogP contribution in [0.1, 0.15) is 18.4 Å². The van der Waals surface area contributed by atoms with Gasteiger partial charge < -0.3 is 10.0 Å². The van der Waals surface area contributed by atoms with Crippen molar-refractivity contribution in [1.29, 1.82) is 0 Å². The summed E-state index contributed by atoms with van der Waals surface area (Å²) in [6, 6.07) is 3.94. The molecule has 0 spiro atoms. The number of benzene rings is 1. The molecule has 1 N–H and O–H groups in total. The van der Waals surface area contributed by atoms with Gasteiger partial charge in [0.25, 0.3) is 0 Å². The molecular weight excluding hydrogens is 331 g/mol. The minimum Gasteiger partial charge on any atom is -0.391 e. The molecule has 0 heterocycles. The molecule has 2 rings (SSSR count). The lowest BCUT2D eigenvalue weighted by molar-refractivity contribution is -0.148. The van der Waals surface area contributed by atoms with Crippen molar-refractivity contribution in [2.75, 3.05) is 6.54 Å². The molecule has 3 nitrogen and oxygen atoms in total. The van der Waals surface area contributed by atoms with E-state index in [-0.39, 0.29) is 18.7 Å². The van der Waals surface area contributed by atoms with E-state index in [2.05, 4.69) is 6.58 Å². The second-order valence-electron chi connectivity index (χ2n) is 5.75. The molecule has 1 saturated carbocycles. The zero-order chi connectivity index (χ0) is 17.2. The molecule has 0 bridgehead atoms. The number of carbonyl (C=O) groups excluding carboxylic acids is 1. The van der Waals surface area contributed by atoms with Gasteiger partial charge >= 0.3 is 0 Å². The van der Waals surface area contributed by atoms with Gasteiger partial charge in [0.1, 0.15) is 5.82 Å². The molecule has 1 aliphatic rings. The SMILES string of the molecule is C=CC(=O)N(Cc1cc(Cl)ccc1F)CC(O)C1CC(F)(F)C1. The first-order valence-electron chi connectivity index (χ1n) is 7.13. The minimum absolute atomic E-state index is 0.128. The van der Waals surface area contributed by atoms with Gasteiger partial charge in [-0.25, -0.2) is 13.2 Å². The van der Waals surface area contributed by atoms with Gasteiger partial charge in [-0.05, 0) is 30.2 Å². The van der Waals surface area contributed by atoms with E-state index < -0.39 is 42.5 Å². The van der Waals surface area contributed by atoms with Gasteiger partial charge in [-0.3, -0.25) is 4.79 Å². The fourth-order valence-electron chi connectivity index (χ4n) is 2.59. The Labute approximate surface area is 137 Å². The van der Waals surface area contributed by atoms with Crippen molar-refractivity contribution in [1.82, 2.24) is 4.90 Å². The maximum absolute atomic E-state index is 13.8. The molecule has 0 aliphatic heterocycles. The van der Waals surface area contributed by atoms with Crippen molar-refractivity contribution < 1.29 is 23.1 Å². The highest BCUT2D eigenvalue weighted by molar-refractivity contribution is 6.30. The maximum Gasteiger partial charge on any atom is 0.248 e. The third-order valence-corrected chi connectivity index (χ3v) is 4.16. The largest absolute Gasteiger partial charge is 0.391 e. The fourth-order valence-corrected chi connectivity index (χ4v) is 2.78. The number of rotatable bonds is 6. The predicted octanol–water partition coefficient (Wildman–Crippen LogP) is 3.40. The van der Waals surface area contributed by atoms with Crippen LogP contribution in [0.25, 0.3) is 0 Å². The Morgan fingerprint density at radius 3 is 2.74 bits per heavy atom. The zero-order valence-electron chi connectivity index (χ0n) is 12.3. The van der Waals surface area contributed by atoms with E-state index in [1.807, 2.05) is 0 Å². The van der Waals surface area contributed by atoms with Gasteiger partial charge in [-0.15, -0.1) is 0 Å². The number of carbonyl (C=O) groups is 1. The number of amides is 1. The first kappa shape index (κ1) is 17.8. The van der Waals surface area contributed by atoms with Crippen molar-refractivity contribution in [3.05, 3.63) is 47.3 Å². The van der Waals surface area contributed by atoms with E-state index >= 15 is 0 Å². The van der Waals surface area contributed by atoms with Gasteiger partial charge in [0, 0.05) is 36.5 Å². The van der Waals surface area contributed by atoms with E-state index in [9.17, 15) is 23.1 Å². The van der Waals surface area contributed by atoms with Crippen LogP contribution in [0.5, 0.6) is 0 Å². The molecule has 0 radical (unpaired) electrons. The third-order valence-electron chi connectivity index (χ3n) is 3.93. The summed E-state index contributed by atoms with van der Waals surface area (Å²) in [5.74, 6) is -4.39. The van der Waals surface area contributed by atoms with E-state index in [1.54, 1.807) is 0 Å². The van der Waals surface area contributed by atoms with Crippen LogP contribution in [0.15, 0.2) is 30.9 Å². The Morgan fingerprint density at radius 1 is 1.52 bits per heavy atom. The monoisotopic (exact) mass is 347 g/mol. The van der Waals surface area contributed by atoms with Gasteiger partial charge in [0.15, 0.2) is 0 Å². The standard InChI is InChI=1S/C16H17ClF3NO2/c1-2-15(23)21(8-10-5-12(17)3-4-13(10)18)9-14(22)11-6-16(19,20)7-11/h2-5,11,14,22H,1,6-9H2. The third kappa shape index (κ3) is 4.48. The lowest BCUT2D eigenvalue weighted by Crippen LogP contribution is -2.47. The molecule has 1 fully saturated rings. The second kappa shape index (κ2) is 6.93. The zero-order valence-corrected chi connectivity index (χ0v) is 13.1. The van der Waals surface area contributed by atoms with Crippen LogP contribution in [0.3, 0.4) is 0 Å². The van der Waals surface area contributed by atoms with E-state index in [0.29, 0.717) is 5.02 Å². The first-order valence-corrected chi connectivity index (χ1v) is 7.51. The highest BCUT2D eigenvalue weighted by Crippen LogP contribution is 2.44. The van der Waals surface area contributed by atoms with Crippen LogP contribution < -0.4 is 0 Å². The Morgan fingerprint density at radius 2 is 2.17 bits per heavy atom. The number of halogens is 4. The number of aliphatic hydroxyl groups is 1. The van der Waals surface area contributed by atoms with Gasteiger partial charge in [0.2, 0.25) is 11.8 Å². The van der Waals surface area contributed by atoms with Crippen molar-refractivity contribution in [2.24, 2.45) is 5.92 Å². The van der Waals surface area contributed by atoms with Crippen molar-refractivity contribution in [3.8, 4) is 0 Å². The molecule has 1 aromatic rings. The molecular formula is C16H17ClF3NO2. The summed E-state index contributed by atoms with van der Waals surface area (Å²) in [6.07, 6.45) is -0.878. The molecule has 7 heteroatoms. The highest BCUT2D eigenvalue weighted by atomic mass is 35.5. The van der Waals surface area contributed by atoms with Crippen LogP contribution >= 0.6 is 11.6 Å². The molecule has 1 aliphatic carbocycles. The summed E-state index contributed by atoms with van der Waals surface area (Å²) in [5, 5.41) is 10.3. The molecule has 23 heavy (non-hydrogen) atoms. The summed E-state index contributed by atoms with van der Waals surface area (Å²) in [7, 11) is 0. The van der Waals surface area contributed by atoms with Crippen molar-refractivity contribution >= 4 is 17.5 Å². The molecule has 126 valence electrons. The summed E-state index contributed by atoms with van der Waals surface area (Å²) in [5.41, 5.74) is 0.179. The number of hydrogen-bond acceptors (Lipinski definition) is 2. The quantitative estimate of drug-likeness (QED) is 0.801. The summed E-state index contributed by atoms with van der Waals surface area (Å²) >= 11 is 5.81. The molecule has 0 aromatic heterocycles. The summed E-state index contributed by atoms with van der Waals surface area (Å²) in [6.45, 7) is 3.06. The number of aliphatic hydroxyl groups excluding tert-OH is 1. The molecule has 1 amide bonds. The van der Waals surface area contributed by atoms with Crippen molar-refractivity contribution in [3.63, 3.8) is 0 Å². The molecule has 0 saturated heterocycles. The lowest BCUT2D eigenvalue weighted by Gasteiger charge is -2.39. The van der Waals surface area contributed by atoms with Crippen LogP contribution in [0.4, 0.5) is 13.2 Å². The molecule has 1 unspecified atom stereocenters. The van der Waals surface area contributed by atoms with E-state index in [4.69, 9.17) is 11.6 Å². The second-order valence-corrected chi connectivity index (χ2v) is 6.19. The highest BCUT2D eigenvalue weighted by Gasteiger charge is 2.48.